The van der Waals surface area contributed by atoms with Gasteiger partial charge in [0.25, 0.3) is 0 Å². The first-order valence-corrected chi connectivity index (χ1v) is 10.1. The first-order valence-electron chi connectivity index (χ1n) is 10.1. The molecule has 0 amide bonds. The van der Waals surface area contributed by atoms with E-state index in [1.807, 2.05) is 6.08 Å². The van der Waals surface area contributed by atoms with E-state index >= 15 is 0 Å². The topological polar surface area (TPSA) is 34.1 Å². The average Bonchev–Trinajstić information content (AvgIpc) is 2.83. The van der Waals surface area contributed by atoms with Gasteiger partial charge in [-0.15, -0.1) is 0 Å². The van der Waals surface area contributed by atoms with Crippen molar-refractivity contribution in [2.24, 2.45) is 34.0 Å². The fraction of sp³-hybridized carbons (Fsp3) is 0.739. The van der Waals surface area contributed by atoms with Crippen LogP contribution < -0.4 is 0 Å². The third-order valence-corrected chi connectivity index (χ3v) is 9.21. The fourth-order valence-corrected chi connectivity index (χ4v) is 7.26. The van der Waals surface area contributed by atoms with E-state index in [0.29, 0.717) is 35.7 Å². The Labute approximate surface area is 152 Å². The number of fused-ring (bicyclic) bond motifs is 5. The number of hydrogen-bond donors (Lipinski definition) is 0. The van der Waals surface area contributed by atoms with Gasteiger partial charge in [0.05, 0.1) is 0 Å². The molecule has 2 fully saturated rings. The first-order chi connectivity index (χ1) is 11.6. The van der Waals surface area contributed by atoms with Crippen LogP contribution in [0.4, 0.5) is 0 Å². The Kier molecular flexibility index (Phi) is 3.57. The van der Waals surface area contributed by atoms with Crippen molar-refractivity contribution in [3.8, 4) is 0 Å². The third kappa shape index (κ3) is 2.03. The largest absolute Gasteiger partial charge is 0.299 e. The van der Waals surface area contributed by atoms with Gasteiger partial charge in [-0.05, 0) is 86.2 Å². The molecule has 2 nitrogen and oxygen atoms in total. The molecule has 4 rings (SSSR count). The normalized spacial score (nSPS) is 48.8. The van der Waals surface area contributed by atoms with Crippen LogP contribution in [-0.4, -0.2) is 11.6 Å². The number of carbonyl (C=O) groups is 2. The Morgan fingerprint density at radius 2 is 1.76 bits per heavy atom. The minimum Gasteiger partial charge on any atom is -0.299 e. The van der Waals surface area contributed by atoms with Crippen LogP contribution in [0.25, 0.3) is 0 Å². The molecule has 0 aromatic carbocycles. The van der Waals surface area contributed by atoms with Gasteiger partial charge in [0.15, 0.2) is 5.78 Å². The van der Waals surface area contributed by atoms with Crippen LogP contribution in [0.5, 0.6) is 0 Å². The molecule has 25 heavy (non-hydrogen) atoms. The van der Waals surface area contributed by atoms with E-state index in [2.05, 4.69) is 33.8 Å². The lowest BCUT2D eigenvalue weighted by Crippen LogP contribution is -2.52. The second-order valence-corrected chi connectivity index (χ2v) is 9.96. The molecule has 0 unspecified atom stereocenters. The number of carbonyl (C=O) groups excluding carboxylic acids is 2. The van der Waals surface area contributed by atoms with Gasteiger partial charge in [-0.25, -0.2) is 0 Å². The standard InChI is InChI=1S/C23H32O2/c1-14-12-17-18(21(3)9-6-16(25)13-20(14)21)7-11-23(5)19(17)8-10-22(23,4)15(2)24/h12-13,17-19H,6-11H2,1-5H3/t17-,18+,19+,21+,22-,23+/m0/s1. The van der Waals surface area contributed by atoms with E-state index in [1.165, 1.54) is 24.0 Å². The molecule has 6 atom stereocenters. The molecule has 0 saturated heterocycles. The molecule has 0 aromatic heterocycles. The van der Waals surface area contributed by atoms with Crippen molar-refractivity contribution in [3.63, 3.8) is 0 Å². The Bertz CT molecular complexity index is 714. The zero-order chi connectivity index (χ0) is 18.2. The molecule has 0 N–H and O–H groups in total. The molecular weight excluding hydrogens is 308 g/mol. The monoisotopic (exact) mass is 340 g/mol. The predicted molar refractivity (Wildman–Crippen MR) is 100 cm³/mol. The Hall–Kier alpha value is -1.18. The van der Waals surface area contributed by atoms with Crippen LogP contribution >= 0.6 is 0 Å². The van der Waals surface area contributed by atoms with Crippen molar-refractivity contribution in [1.29, 1.82) is 0 Å². The van der Waals surface area contributed by atoms with Gasteiger partial charge in [-0.1, -0.05) is 32.4 Å². The first kappa shape index (κ1) is 17.2. The number of Topliss-reactive ketones (excluding diaryl/α,β-unsaturated/α-hetero) is 1. The van der Waals surface area contributed by atoms with E-state index < -0.39 is 0 Å². The average molecular weight is 341 g/mol. The summed E-state index contributed by atoms with van der Waals surface area (Å²) in [4.78, 5) is 24.5. The third-order valence-electron chi connectivity index (χ3n) is 9.21. The molecule has 0 aliphatic heterocycles. The van der Waals surface area contributed by atoms with Crippen molar-refractivity contribution in [2.75, 3.05) is 0 Å². The van der Waals surface area contributed by atoms with Crippen molar-refractivity contribution in [3.05, 3.63) is 23.3 Å². The van der Waals surface area contributed by atoms with Gasteiger partial charge in [-0.2, -0.15) is 0 Å². The van der Waals surface area contributed by atoms with Crippen LogP contribution in [0.1, 0.15) is 73.1 Å². The quantitative estimate of drug-likeness (QED) is 0.651. The van der Waals surface area contributed by atoms with E-state index in [1.54, 1.807) is 6.92 Å². The van der Waals surface area contributed by atoms with Gasteiger partial charge in [-0.3, -0.25) is 9.59 Å². The Balaban J connectivity index is 1.80. The summed E-state index contributed by atoms with van der Waals surface area (Å²) >= 11 is 0. The second-order valence-electron chi connectivity index (χ2n) is 9.96. The van der Waals surface area contributed by atoms with Crippen LogP contribution in [0.15, 0.2) is 23.3 Å². The number of rotatable bonds is 1. The van der Waals surface area contributed by atoms with E-state index in [9.17, 15) is 9.59 Å². The summed E-state index contributed by atoms with van der Waals surface area (Å²) in [7, 11) is 0. The number of allylic oxidation sites excluding steroid dienone is 4. The van der Waals surface area contributed by atoms with Gasteiger partial charge in [0, 0.05) is 11.8 Å². The molecule has 2 heteroatoms. The molecular formula is C23H32O2. The molecule has 0 heterocycles. The predicted octanol–water partition coefficient (Wildman–Crippen LogP) is 5.28. The number of hydrogen-bond acceptors (Lipinski definition) is 2. The van der Waals surface area contributed by atoms with Crippen LogP contribution in [-0.2, 0) is 9.59 Å². The summed E-state index contributed by atoms with van der Waals surface area (Å²) in [5, 5.41) is 0. The SMILES string of the molecule is CC(=O)[C@]1(C)CC[C@@H]2[C@H]3C=C(C)C4=CC(=O)CC[C@]4(C)[C@@H]3CC[C@]21C. The molecule has 2 saturated carbocycles. The summed E-state index contributed by atoms with van der Waals surface area (Å²) < 4.78 is 0. The van der Waals surface area contributed by atoms with Crippen LogP contribution in [0, 0.1) is 34.0 Å². The molecule has 0 bridgehead atoms. The lowest BCUT2D eigenvalue weighted by atomic mass is 9.46. The molecule has 4 aliphatic rings. The fourth-order valence-electron chi connectivity index (χ4n) is 7.26. The summed E-state index contributed by atoms with van der Waals surface area (Å²) in [6.45, 7) is 11.0. The van der Waals surface area contributed by atoms with Crippen molar-refractivity contribution in [2.45, 2.75) is 73.1 Å². The maximum absolute atomic E-state index is 12.5. The second kappa shape index (κ2) is 5.18. The lowest BCUT2D eigenvalue weighted by molar-refractivity contribution is -0.136. The molecule has 0 aromatic rings. The highest BCUT2D eigenvalue weighted by Crippen LogP contribution is 2.69. The van der Waals surface area contributed by atoms with Crippen molar-refractivity contribution < 1.29 is 9.59 Å². The summed E-state index contributed by atoms with van der Waals surface area (Å²) in [6.07, 6.45) is 10.7. The lowest BCUT2D eigenvalue weighted by Gasteiger charge is -2.58. The van der Waals surface area contributed by atoms with E-state index in [0.717, 1.165) is 19.3 Å². The molecule has 136 valence electrons. The van der Waals surface area contributed by atoms with Crippen molar-refractivity contribution in [1.82, 2.24) is 0 Å². The maximum atomic E-state index is 12.5. The zero-order valence-corrected chi connectivity index (χ0v) is 16.4. The van der Waals surface area contributed by atoms with Crippen LogP contribution in [0.2, 0.25) is 0 Å². The highest BCUT2D eigenvalue weighted by Gasteiger charge is 2.63. The van der Waals surface area contributed by atoms with Crippen molar-refractivity contribution >= 4 is 11.6 Å². The van der Waals surface area contributed by atoms with Gasteiger partial charge in [0.2, 0.25) is 0 Å². The molecule has 0 spiro atoms. The maximum Gasteiger partial charge on any atom is 0.156 e. The number of ketones is 2. The highest BCUT2D eigenvalue weighted by atomic mass is 16.1. The molecule has 0 radical (unpaired) electrons. The Morgan fingerprint density at radius 1 is 1.08 bits per heavy atom. The Morgan fingerprint density at radius 3 is 2.44 bits per heavy atom. The summed E-state index contributed by atoms with van der Waals surface area (Å²) in [5.41, 5.74) is 2.73. The van der Waals surface area contributed by atoms with E-state index in [4.69, 9.17) is 0 Å². The molecule has 4 aliphatic carbocycles. The smallest absolute Gasteiger partial charge is 0.156 e. The summed E-state index contributed by atoms with van der Waals surface area (Å²) in [6, 6.07) is 0. The summed E-state index contributed by atoms with van der Waals surface area (Å²) in [5.74, 6) is 2.47. The van der Waals surface area contributed by atoms with Crippen LogP contribution in [0.3, 0.4) is 0 Å². The highest BCUT2D eigenvalue weighted by molar-refractivity contribution is 5.92. The van der Waals surface area contributed by atoms with Gasteiger partial charge < -0.3 is 0 Å². The minimum atomic E-state index is -0.163. The van der Waals surface area contributed by atoms with Gasteiger partial charge in [0.1, 0.15) is 5.78 Å². The minimum absolute atomic E-state index is 0.124. The zero-order valence-electron chi connectivity index (χ0n) is 16.4. The van der Waals surface area contributed by atoms with Gasteiger partial charge >= 0.3 is 0 Å². The van der Waals surface area contributed by atoms with E-state index in [-0.39, 0.29) is 16.2 Å².